The van der Waals surface area contributed by atoms with Gasteiger partial charge in [0, 0.05) is 6.42 Å². The minimum Gasteiger partial charge on any atom is -0.458 e. The van der Waals surface area contributed by atoms with E-state index in [1.54, 1.807) is 0 Å². The van der Waals surface area contributed by atoms with Crippen LogP contribution in [0.1, 0.15) is 32.6 Å². The summed E-state index contributed by atoms with van der Waals surface area (Å²) in [7, 11) is -4.65. The lowest BCUT2D eigenvalue weighted by molar-refractivity contribution is -0.148. The number of rotatable bonds is 9. The van der Waals surface area contributed by atoms with Gasteiger partial charge < -0.3 is 14.5 Å². The van der Waals surface area contributed by atoms with Crippen molar-refractivity contribution in [1.82, 2.24) is 0 Å². The van der Waals surface area contributed by atoms with E-state index >= 15 is 0 Å². The molecule has 0 bridgehead atoms. The summed E-state index contributed by atoms with van der Waals surface area (Å²) >= 11 is 0. The van der Waals surface area contributed by atoms with Gasteiger partial charge in [-0.1, -0.05) is 19.8 Å². The van der Waals surface area contributed by atoms with Gasteiger partial charge in [-0.15, -0.1) is 0 Å². The lowest BCUT2D eigenvalue weighted by atomic mass is 10.2. The number of hydrogen-bond donors (Lipinski definition) is 2. The first-order valence-corrected chi connectivity index (χ1v) is 6.75. The van der Waals surface area contributed by atoms with Gasteiger partial charge in [-0.3, -0.25) is 14.1 Å². The van der Waals surface area contributed by atoms with Crippen molar-refractivity contribution < 1.29 is 33.2 Å². The average molecular weight is 268 g/mol. The quantitative estimate of drug-likeness (QED) is 0.361. The molecule has 2 N–H and O–H groups in total. The summed E-state index contributed by atoms with van der Waals surface area (Å²) in [5.74, 6) is -1.19. The summed E-state index contributed by atoms with van der Waals surface area (Å²) in [6.07, 6.45) is 2.82. The first-order valence-electron chi connectivity index (χ1n) is 5.22. The number of esters is 1. The van der Waals surface area contributed by atoms with Gasteiger partial charge in [-0.05, 0) is 6.42 Å². The fourth-order valence-corrected chi connectivity index (χ4v) is 1.26. The molecule has 0 aliphatic carbocycles. The lowest BCUT2D eigenvalue weighted by Gasteiger charge is -2.05. The molecule has 7 nitrogen and oxygen atoms in total. The Balaban J connectivity index is 3.63. The number of phosphoric acid groups is 1. The van der Waals surface area contributed by atoms with Gasteiger partial charge >= 0.3 is 13.8 Å². The highest BCUT2D eigenvalue weighted by atomic mass is 31.2. The van der Waals surface area contributed by atoms with Crippen LogP contribution in [0.5, 0.6) is 0 Å². The summed E-state index contributed by atoms with van der Waals surface area (Å²) in [6, 6.07) is 0. The Morgan fingerprint density at radius 3 is 2.35 bits per heavy atom. The number of phosphoric ester groups is 1. The van der Waals surface area contributed by atoms with E-state index in [-0.39, 0.29) is 6.42 Å². The van der Waals surface area contributed by atoms with E-state index < -0.39 is 32.8 Å². The van der Waals surface area contributed by atoms with Crippen LogP contribution >= 0.6 is 7.82 Å². The average Bonchev–Trinajstić information content (AvgIpc) is 2.23. The number of carbonyl (C=O) groups is 2. The molecule has 0 spiro atoms. The van der Waals surface area contributed by atoms with Gasteiger partial charge in [0.15, 0.2) is 12.4 Å². The Bertz CT molecular complexity index is 296. The van der Waals surface area contributed by atoms with E-state index in [0.717, 1.165) is 12.8 Å². The van der Waals surface area contributed by atoms with Crippen LogP contribution in [0.3, 0.4) is 0 Å². The van der Waals surface area contributed by atoms with Crippen molar-refractivity contribution in [3.8, 4) is 0 Å². The third kappa shape index (κ3) is 11.5. The molecule has 100 valence electrons. The minimum absolute atomic E-state index is 0.237. The number of carbonyl (C=O) groups excluding carboxylic acids is 2. The van der Waals surface area contributed by atoms with Gasteiger partial charge in [-0.25, -0.2) is 4.57 Å². The van der Waals surface area contributed by atoms with Crippen LogP contribution in [-0.2, 0) is 23.4 Å². The molecule has 0 amide bonds. The highest BCUT2D eigenvalue weighted by Crippen LogP contribution is 2.35. The number of ketones is 1. The Hall–Kier alpha value is -0.750. The maximum Gasteiger partial charge on any atom is 0.470 e. The molecule has 0 aromatic rings. The molecule has 0 aromatic heterocycles. The van der Waals surface area contributed by atoms with Crippen molar-refractivity contribution in [2.24, 2.45) is 0 Å². The fourth-order valence-electron chi connectivity index (χ4n) is 0.950. The molecule has 0 aromatic carbocycles. The van der Waals surface area contributed by atoms with Gasteiger partial charge in [0.2, 0.25) is 0 Å². The van der Waals surface area contributed by atoms with Crippen LogP contribution < -0.4 is 0 Å². The maximum absolute atomic E-state index is 11.1. The van der Waals surface area contributed by atoms with E-state index in [9.17, 15) is 14.2 Å². The zero-order valence-corrected chi connectivity index (χ0v) is 10.5. The Morgan fingerprint density at radius 2 is 1.82 bits per heavy atom. The summed E-state index contributed by atoms with van der Waals surface area (Å²) in [5, 5.41) is 0. The third-order valence-corrected chi connectivity index (χ3v) is 2.24. The molecule has 0 heterocycles. The van der Waals surface area contributed by atoms with Crippen LogP contribution in [0, 0.1) is 0 Å². The molecule has 17 heavy (non-hydrogen) atoms. The number of hydrogen-bond acceptors (Lipinski definition) is 5. The molecule has 8 heteroatoms. The smallest absolute Gasteiger partial charge is 0.458 e. The number of unbranched alkanes of at least 4 members (excludes halogenated alkanes) is 2. The number of ether oxygens (including phenoxy) is 1. The van der Waals surface area contributed by atoms with Crippen molar-refractivity contribution in [2.75, 3.05) is 13.2 Å². The summed E-state index contributed by atoms with van der Waals surface area (Å²) in [4.78, 5) is 38.7. The largest absolute Gasteiger partial charge is 0.470 e. The predicted octanol–water partition coefficient (Wildman–Crippen LogP) is 0.788. The maximum atomic E-state index is 11.1. The molecule has 0 aliphatic rings. The highest BCUT2D eigenvalue weighted by molar-refractivity contribution is 7.46. The van der Waals surface area contributed by atoms with E-state index in [2.05, 4.69) is 9.26 Å². The second-order valence-electron chi connectivity index (χ2n) is 3.42. The Morgan fingerprint density at radius 1 is 1.18 bits per heavy atom. The van der Waals surface area contributed by atoms with Crippen LogP contribution in [0.2, 0.25) is 0 Å². The monoisotopic (exact) mass is 268 g/mol. The second kappa shape index (κ2) is 8.36. The topological polar surface area (TPSA) is 110 Å². The van der Waals surface area contributed by atoms with E-state index in [4.69, 9.17) is 9.79 Å². The second-order valence-corrected chi connectivity index (χ2v) is 4.66. The van der Waals surface area contributed by atoms with Crippen molar-refractivity contribution >= 4 is 19.6 Å². The molecular weight excluding hydrogens is 251 g/mol. The summed E-state index contributed by atoms with van der Waals surface area (Å²) in [5.41, 5.74) is 0. The van der Waals surface area contributed by atoms with Gasteiger partial charge in [0.1, 0.15) is 6.61 Å². The number of Topliss-reactive ketones (excluding diaryl/α,β-unsaturated/α-hetero) is 1. The van der Waals surface area contributed by atoms with Crippen LogP contribution in [-0.4, -0.2) is 34.8 Å². The molecule has 0 radical (unpaired) electrons. The molecule has 0 saturated carbocycles. The molecule has 0 aliphatic heterocycles. The van der Waals surface area contributed by atoms with Gasteiger partial charge in [0.05, 0.1) is 0 Å². The zero-order valence-electron chi connectivity index (χ0n) is 9.63. The van der Waals surface area contributed by atoms with Crippen molar-refractivity contribution in [3.05, 3.63) is 0 Å². The lowest BCUT2D eigenvalue weighted by Crippen LogP contribution is -2.17. The fraction of sp³-hybridized carbons (Fsp3) is 0.778. The summed E-state index contributed by atoms with van der Waals surface area (Å²) in [6.45, 7) is 0.700. The van der Waals surface area contributed by atoms with Crippen LogP contribution in [0.4, 0.5) is 0 Å². The molecule has 0 saturated heterocycles. The Labute approximate surface area is 99.3 Å². The zero-order chi connectivity index (χ0) is 13.3. The standard InChI is InChI=1S/C9H17O7P/c1-2-3-4-5-9(11)15-6-8(10)7-16-17(12,13)14/h2-7H2,1H3,(H2,12,13,14). The van der Waals surface area contributed by atoms with Crippen LogP contribution in [0.25, 0.3) is 0 Å². The Kier molecular flexibility index (Phi) is 7.99. The third-order valence-electron chi connectivity index (χ3n) is 1.77. The minimum atomic E-state index is -4.65. The SMILES string of the molecule is CCCCCC(=O)OCC(=O)COP(=O)(O)O. The van der Waals surface area contributed by atoms with Crippen molar-refractivity contribution in [3.63, 3.8) is 0 Å². The highest BCUT2D eigenvalue weighted by Gasteiger charge is 2.17. The van der Waals surface area contributed by atoms with Crippen molar-refractivity contribution in [1.29, 1.82) is 0 Å². The molecule has 0 rings (SSSR count). The van der Waals surface area contributed by atoms with E-state index in [1.807, 2.05) is 6.92 Å². The molecule has 0 fully saturated rings. The normalized spacial score (nSPS) is 11.2. The van der Waals surface area contributed by atoms with Crippen molar-refractivity contribution in [2.45, 2.75) is 32.6 Å². The first-order chi connectivity index (χ1) is 7.85. The molecule has 0 unspecified atom stereocenters. The van der Waals surface area contributed by atoms with Crippen LogP contribution in [0.15, 0.2) is 0 Å². The van der Waals surface area contributed by atoms with Gasteiger partial charge in [-0.2, -0.15) is 0 Å². The van der Waals surface area contributed by atoms with E-state index in [0.29, 0.717) is 6.42 Å². The van der Waals surface area contributed by atoms with E-state index in [1.165, 1.54) is 0 Å². The molecular formula is C9H17O7P. The molecule has 0 atom stereocenters. The predicted molar refractivity (Wildman–Crippen MR) is 58.1 cm³/mol. The van der Waals surface area contributed by atoms with Gasteiger partial charge in [0.25, 0.3) is 0 Å². The summed E-state index contributed by atoms with van der Waals surface area (Å²) < 4.78 is 18.8. The first kappa shape index (κ1) is 16.2.